The largest absolute Gasteiger partial charge is 0.478 e. The van der Waals surface area contributed by atoms with Gasteiger partial charge >= 0.3 is 5.97 Å². The number of rotatable bonds is 4. The number of nitrogens with zero attached hydrogens (tertiary/aromatic N) is 1. The maximum Gasteiger partial charge on any atom is 0.335 e. The number of hydrogen-bond donors (Lipinski definition) is 3. The summed E-state index contributed by atoms with van der Waals surface area (Å²) in [5, 5.41) is 14.8. The number of benzene rings is 1. The van der Waals surface area contributed by atoms with E-state index in [0.717, 1.165) is 24.4 Å². The quantitative estimate of drug-likeness (QED) is 0.789. The van der Waals surface area contributed by atoms with Gasteiger partial charge in [-0.05, 0) is 25.1 Å². The Morgan fingerprint density at radius 1 is 1.45 bits per heavy atom. The van der Waals surface area contributed by atoms with Crippen molar-refractivity contribution >= 4 is 21.7 Å². The maximum absolute atomic E-state index is 13.6. The predicted octanol–water partition coefficient (Wildman–Crippen LogP) is 1.36. The molecule has 2 aromatic rings. The zero-order chi connectivity index (χ0) is 14.9. The van der Waals surface area contributed by atoms with E-state index in [4.69, 9.17) is 5.11 Å². The number of sulfonamides is 1. The molecule has 0 spiro atoms. The highest BCUT2D eigenvalue weighted by Crippen LogP contribution is 2.21. The average Bonchev–Trinajstić information content (AvgIpc) is 2.78. The van der Waals surface area contributed by atoms with Gasteiger partial charge in [0.1, 0.15) is 10.7 Å². The first-order chi connectivity index (χ1) is 9.31. The van der Waals surface area contributed by atoms with Crippen molar-refractivity contribution in [2.75, 3.05) is 4.72 Å². The average molecular weight is 299 g/mol. The molecule has 0 saturated carbocycles. The second-order valence-electron chi connectivity index (χ2n) is 3.96. The molecule has 0 aliphatic carbocycles. The summed E-state index contributed by atoms with van der Waals surface area (Å²) in [4.78, 5) is 10.7. The van der Waals surface area contributed by atoms with Crippen LogP contribution in [0.5, 0.6) is 0 Å². The minimum atomic E-state index is -4.04. The van der Waals surface area contributed by atoms with Crippen molar-refractivity contribution in [3.63, 3.8) is 0 Å². The molecule has 0 radical (unpaired) electrons. The monoisotopic (exact) mass is 299 g/mol. The second kappa shape index (κ2) is 4.93. The first kappa shape index (κ1) is 14.0. The van der Waals surface area contributed by atoms with E-state index in [2.05, 4.69) is 10.2 Å². The molecule has 0 bridgehead atoms. The number of halogens is 1. The second-order valence-corrected chi connectivity index (χ2v) is 5.62. The third-order valence-corrected chi connectivity index (χ3v) is 4.01. The van der Waals surface area contributed by atoms with Crippen LogP contribution >= 0.6 is 0 Å². The summed E-state index contributed by atoms with van der Waals surface area (Å²) >= 11 is 0. The van der Waals surface area contributed by atoms with Crippen molar-refractivity contribution in [2.45, 2.75) is 11.8 Å². The topological polar surface area (TPSA) is 112 Å². The first-order valence-electron chi connectivity index (χ1n) is 5.37. The minimum Gasteiger partial charge on any atom is -0.478 e. The van der Waals surface area contributed by atoms with Gasteiger partial charge in [0.2, 0.25) is 0 Å². The zero-order valence-corrected chi connectivity index (χ0v) is 11.0. The lowest BCUT2D eigenvalue weighted by atomic mass is 10.2. The van der Waals surface area contributed by atoms with E-state index in [1.165, 1.54) is 6.92 Å². The Morgan fingerprint density at radius 3 is 2.70 bits per heavy atom. The lowest BCUT2D eigenvalue weighted by Gasteiger charge is -2.08. The summed E-state index contributed by atoms with van der Waals surface area (Å²) in [6.45, 7) is 1.49. The molecule has 0 aliphatic heterocycles. The van der Waals surface area contributed by atoms with E-state index in [-0.39, 0.29) is 16.2 Å². The van der Waals surface area contributed by atoms with Crippen LogP contribution in [0.1, 0.15) is 16.1 Å². The molecule has 1 aromatic heterocycles. The summed E-state index contributed by atoms with van der Waals surface area (Å²) in [6.07, 6.45) is 1.08. The Hall–Kier alpha value is -2.42. The third kappa shape index (κ3) is 2.62. The van der Waals surface area contributed by atoms with Gasteiger partial charge in [0.15, 0.2) is 0 Å². The Balaban J connectivity index is 2.42. The van der Waals surface area contributed by atoms with Crippen LogP contribution in [0.25, 0.3) is 0 Å². The van der Waals surface area contributed by atoms with Crippen LogP contribution in [-0.2, 0) is 10.0 Å². The van der Waals surface area contributed by atoms with Gasteiger partial charge in [-0.15, -0.1) is 0 Å². The molecule has 2 rings (SSSR count). The van der Waals surface area contributed by atoms with E-state index in [9.17, 15) is 17.6 Å². The number of carboxylic acids is 1. The predicted molar refractivity (Wildman–Crippen MR) is 67.5 cm³/mol. The van der Waals surface area contributed by atoms with E-state index in [1.54, 1.807) is 0 Å². The fourth-order valence-electron chi connectivity index (χ4n) is 1.55. The van der Waals surface area contributed by atoms with Crippen LogP contribution in [0, 0.1) is 12.7 Å². The highest BCUT2D eigenvalue weighted by atomic mass is 32.2. The Morgan fingerprint density at radius 2 is 2.15 bits per heavy atom. The number of carboxylic acid groups (broad SMARTS) is 1. The Labute approximate surface area is 113 Å². The molecule has 0 unspecified atom stereocenters. The van der Waals surface area contributed by atoms with Gasteiger partial charge in [-0.3, -0.25) is 9.82 Å². The molecule has 9 heteroatoms. The molecule has 20 heavy (non-hydrogen) atoms. The van der Waals surface area contributed by atoms with E-state index in [1.807, 2.05) is 4.72 Å². The van der Waals surface area contributed by atoms with E-state index >= 15 is 0 Å². The SMILES string of the molecule is Cc1[nH]ncc1S(=O)(=O)Nc1cc(C(=O)O)ccc1F. The first-order valence-corrected chi connectivity index (χ1v) is 6.85. The summed E-state index contributed by atoms with van der Waals surface area (Å²) in [5.41, 5.74) is -0.384. The molecule has 0 aliphatic rings. The number of aryl methyl sites for hydroxylation is 1. The molecular formula is C11H10FN3O4S. The fraction of sp³-hybridized carbons (Fsp3) is 0.0909. The number of H-pyrrole nitrogens is 1. The van der Waals surface area contributed by atoms with Gasteiger partial charge in [-0.25, -0.2) is 17.6 Å². The third-order valence-electron chi connectivity index (χ3n) is 2.53. The normalized spacial score (nSPS) is 11.3. The lowest BCUT2D eigenvalue weighted by Crippen LogP contribution is -2.15. The van der Waals surface area contributed by atoms with Gasteiger partial charge in [0, 0.05) is 0 Å². The number of aromatic nitrogens is 2. The lowest BCUT2D eigenvalue weighted by molar-refractivity contribution is 0.0697. The minimum absolute atomic E-state index is 0.141. The summed E-state index contributed by atoms with van der Waals surface area (Å²) in [7, 11) is -4.04. The summed E-state index contributed by atoms with van der Waals surface area (Å²) in [6, 6.07) is 2.83. The Kier molecular flexibility index (Phi) is 3.45. The van der Waals surface area contributed by atoms with Crippen molar-refractivity contribution in [2.24, 2.45) is 0 Å². The molecule has 3 N–H and O–H groups in total. The number of hydrogen-bond acceptors (Lipinski definition) is 4. The van der Waals surface area contributed by atoms with Crippen molar-refractivity contribution in [3.05, 3.63) is 41.5 Å². The number of aromatic carboxylic acids is 1. The molecule has 0 atom stereocenters. The van der Waals surface area contributed by atoms with E-state index < -0.39 is 27.5 Å². The molecule has 0 saturated heterocycles. The van der Waals surface area contributed by atoms with E-state index in [0.29, 0.717) is 0 Å². The number of carbonyl (C=O) groups is 1. The molecule has 7 nitrogen and oxygen atoms in total. The van der Waals surface area contributed by atoms with Crippen LogP contribution < -0.4 is 4.72 Å². The van der Waals surface area contributed by atoms with Crippen LogP contribution in [0.3, 0.4) is 0 Å². The van der Waals surface area contributed by atoms with Crippen molar-refractivity contribution < 1.29 is 22.7 Å². The van der Waals surface area contributed by atoms with Gasteiger partial charge < -0.3 is 5.11 Å². The smallest absolute Gasteiger partial charge is 0.335 e. The van der Waals surface area contributed by atoms with Crippen molar-refractivity contribution in [1.82, 2.24) is 10.2 Å². The Bertz CT molecular complexity index is 770. The number of anilines is 1. The summed E-state index contributed by atoms with van der Waals surface area (Å²) < 4.78 is 39.6. The molecule has 1 aromatic carbocycles. The molecule has 1 heterocycles. The van der Waals surface area contributed by atoms with Crippen LogP contribution in [0.15, 0.2) is 29.3 Å². The highest BCUT2D eigenvalue weighted by Gasteiger charge is 2.21. The molecule has 106 valence electrons. The number of aromatic amines is 1. The molecule has 0 fully saturated rings. The standard InChI is InChI=1S/C11H10FN3O4S/c1-6-10(5-13-14-6)20(18,19)15-9-4-7(11(16)17)2-3-8(9)12/h2-5,15H,1H3,(H,13,14)(H,16,17). The van der Waals surface area contributed by atoms with Gasteiger partial charge in [0.25, 0.3) is 10.0 Å². The van der Waals surface area contributed by atoms with Crippen LogP contribution in [0.2, 0.25) is 0 Å². The van der Waals surface area contributed by atoms with Gasteiger partial charge in [0.05, 0.1) is 23.1 Å². The highest BCUT2D eigenvalue weighted by molar-refractivity contribution is 7.92. The zero-order valence-electron chi connectivity index (χ0n) is 10.2. The van der Waals surface area contributed by atoms with Crippen molar-refractivity contribution in [3.8, 4) is 0 Å². The molecule has 0 amide bonds. The van der Waals surface area contributed by atoms with Gasteiger partial charge in [-0.1, -0.05) is 0 Å². The van der Waals surface area contributed by atoms with Crippen LogP contribution in [0.4, 0.5) is 10.1 Å². The fourth-order valence-corrected chi connectivity index (χ4v) is 2.74. The van der Waals surface area contributed by atoms with Crippen molar-refractivity contribution in [1.29, 1.82) is 0 Å². The summed E-state index contributed by atoms with van der Waals surface area (Å²) in [5.74, 6) is -2.16. The van der Waals surface area contributed by atoms with Crippen LogP contribution in [-0.4, -0.2) is 29.7 Å². The van der Waals surface area contributed by atoms with Gasteiger partial charge in [-0.2, -0.15) is 5.10 Å². The maximum atomic E-state index is 13.6. The molecular weight excluding hydrogens is 289 g/mol. The number of nitrogens with one attached hydrogen (secondary N) is 2.